The van der Waals surface area contributed by atoms with Crippen LogP contribution < -0.4 is 10.5 Å². The van der Waals surface area contributed by atoms with Gasteiger partial charge in [0.2, 0.25) is 0 Å². The number of nitrogens with two attached hydrogens (primary N) is 1. The summed E-state index contributed by atoms with van der Waals surface area (Å²) in [6.45, 7) is 1.50. The van der Waals surface area contributed by atoms with Gasteiger partial charge in [-0.3, -0.25) is 4.79 Å². The zero-order chi connectivity index (χ0) is 12.3. The number of benzene rings is 1. The van der Waals surface area contributed by atoms with E-state index in [9.17, 15) is 13.2 Å². The fourth-order valence-electron chi connectivity index (χ4n) is 1.04. The van der Waals surface area contributed by atoms with Gasteiger partial charge < -0.3 is 10.5 Å². The van der Waals surface area contributed by atoms with E-state index in [-0.39, 0.29) is 4.90 Å². The molecular formula is C10H13NO4S. The first-order valence-electron chi connectivity index (χ1n) is 4.57. The zero-order valence-electron chi connectivity index (χ0n) is 9.01. The van der Waals surface area contributed by atoms with Gasteiger partial charge in [0.1, 0.15) is 5.75 Å². The Morgan fingerprint density at radius 3 is 2.56 bits per heavy atom. The summed E-state index contributed by atoms with van der Waals surface area (Å²) in [6.07, 6.45) is 0.304. The molecule has 1 aromatic carbocycles. The van der Waals surface area contributed by atoms with E-state index in [0.29, 0.717) is 5.75 Å². The summed E-state index contributed by atoms with van der Waals surface area (Å²) in [4.78, 5) is 10.9. The summed E-state index contributed by atoms with van der Waals surface area (Å²) in [6, 6.07) is 5.92. The molecule has 0 radical (unpaired) electrons. The van der Waals surface area contributed by atoms with Crippen molar-refractivity contribution in [3.8, 4) is 5.75 Å². The maximum absolute atomic E-state index is 11.3. The number of hydrogen-bond acceptors (Lipinski definition) is 4. The summed E-state index contributed by atoms with van der Waals surface area (Å²) in [7, 11) is -3.28. The minimum atomic E-state index is -3.28. The quantitative estimate of drug-likeness (QED) is 0.826. The second-order valence-electron chi connectivity index (χ2n) is 3.41. The van der Waals surface area contributed by atoms with Gasteiger partial charge in [-0.2, -0.15) is 0 Å². The average molecular weight is 243 g/mol. The molecule has 0 spiro atoms. The van der Waals surface area contributed by atoms with E-state index in [1.54, 1.807) is 12.1 Å². The molecule has 0 aliphatic rings. The number of primary amides is 1. The van der Waals surface area contributed by atoms with Crippen LogP contribution in [0.15, 0.2) is 29.2 Å². The molecule has 16 heavy (non-hydrogen) atoms. The summed E-state index contributed by atoms with van der Waals surface area (Å²) >= 11 is 0. The zero-order valence-corrected chi connectivity index (χ0v) is 9.82. The highest BCUT2D eigenvalue weighted by Crippen LogP contribution is 2.18. The number of sulfone groups is 1. The summed E-state index contributed by atoms with van der Waals surface area (Å²) < 4.78 is 27.7. The van der Waals surface area contributed by atoms with Gasteiger partial charge in [-0.15, -0.1) is 0 Å². The van der Waals surface area contributed by atoms with Crippen LogP contribution in [0.4, 0.5) is 0 Å². The van der Waals surface area contributed by atoms with Crippen LogP contribution in [-0.2, 0) is 14.6 Å². The van der Waals surface area contributed by atoms with Gasteiger partial charge in [-0.25, -0.2) is 8.42 Å². The van der Waals surface area contributed by atoms with Crippen molar-refractivity contribution in [3.63, 3.8) is 0 Å². The third kappa shape index (κ3) is 3.23. The van der Waals surface area contributed by atoms with Crippen molar-refractivity contribution in [1.82, 2.24) is 0 Å². The molecule has 0 fully saturated rings. The van der Waals surface area contributed by atoms with Gasteiger partial charge in [0.05, 0.1) is 4.90 Å². The lowest BCUT2D eigenvalue weighted by molar-refractivity contribution is -0.123. The molecule has 0 heterocycles. The Bertz CT molecular complexity index is 495. The molecule has 6 heteroatoms. The maximum Gasteiger partial charge on any atom is 0.258 e. The lowest BCUT2D eigenvalue weighted by Crippen LogP contribution is -2.30. The van der Waals surface area contributed by atoms with E-state index >= 15 is 0 Å². The van der Waals surface area contributed by atoms with E-state index in [1.807, 2.05) is 0 Å². The number of amides is 1. The predicted octanol–water partition coefficient (Wildman–Crippen LogP) is 0.343. The molecule has 88 valence electrons. The molecule has 0 bridgehead atoms. The van der Waals surface area contributed by atoms with E-state index in [2.05, 4.69) is 0 Å². The first-order chi connectivity index (χ1) is 7.30. The van der Waals surface area contributed by atoms with Crippen molar-refractivity contribution in [3.05, 3.63) is 24.3 Å². The molecular weight excluding hydrogens is 230 g/mol. The first-order valence-corrected chi connectivity index (χ1v) is 6.46. The Morgan fingerprint density at radius 1 is 1.44 bits per heavy atom. The van der Waals surface area contributed by atoms with Gasteiger partial charge >= 0.3 is 0 Å². The summed E-state index contributed by atoms with van der Waals surface area (Å²) in [5, 5.41) is 0. The van der Waals surface area contributed by atoms with Crippen LogP contribution >= 0.6 is 0 Å². The van der Waals surface area contributed by atoms with Crippen LogP contribution in [0.1, 0.15) is 6.92 Å². The molecule has 2 N–H and O–H groups in total. The van der Waals surface area contributed by atoms with Crippen LogP contribution in [0, 0.1) is 0 Å². The molecule has 1 rings (SSSR count). The molecule has 5 nitrogen and oxygen atoms in total. The Kier molecular flexibility index (Phi) is 3.54. The third-order valence-corrected chi connectivity index (χ3v) is 3.06. The third-order valence-electron chi connectivity index (χ3n) is 1.95. The van der Waals surface area contributed by atoms with Crippen molar-refractivity contribution in [2.45, 2.75) is 17.9 Å². The molecule has 0 aromatic heterocycles. The SMILES string of the molecule is CC(Oc1cccc(S(C)(=O)=O)c1)C(N)=O. The van der Waals surface area contributed by atoms with Crippen LogP contribution in [0.25, 0.3) is 0 Å². The van der Waals surface area contributed by atoms with E-state index in [1.165, 1.54) is 19.1 Å². The Labute approximate surface area is 94.1 Å². The van der Waals surface area contributed by atoms with Gasteiger partial charge in [-0.1, -0.05) is 6.07 Å². The first kappa shape index (κ1) is 12.5. The minimum absolute atomic E-state index is 0.140. The predicted molar refractivity (Wildman–Crippen MR) is 58.8 cm³/mol. The highest BCUT2D eigenvalue weighted by atomic mass is 32.2. The molecule has 1 aromatic rings. The Morgan fingerprint density at radius 2 is 2.06 bits per heavy atom. The van der Waals surface area contributed by atoms with Crippen molar-refractivity contribution in [2.75, 3.05) is 6.26 Å². The average Bonchev–Trinajstić information content (AvgIpc) is 2.16. The molecule has 1 atom stereocenters. The van der Waals surface area contributed by atoms with Crippen molar-refractivity contribution < 1.29 is 17.9 Å². The Balaban J connectivity index is 2.96. The highest BCUT2D eigenvalue weighted by molar-refractivity contribution is 7.90. The van der Waals surface area contributed by atoms with E-state index < -0.39 is 21.8 Å². The fourth-order valence-corrected chi connectivity index (χ4v) is 1.70. The van der Waals surface area contributed by atoms with Crippen molar-refractivity contribution in [1.29, 1.82) is 0 Å². The van der Waals surface area contributed by atoms with Crippen LogP contribution in [-0.4, -0.2) is 26.7 Å². The normalized spacial score (nSPS) is 13.1. The molecule has 0 aliphatic carbocycles. The van der Waals surface area contributed by atoms with E-state index in [4.69, 9.17) is 10.5 Å². The fraction of sp³-hybridized carbons (Fsp3) is 0.300. The van der Waals surface area contributed by atoms with E-state index in [0.717, 1.165) is 6.26 Å². The largest absolute Gasteiger partial charge is 0.481 e. The number of carbonyl (C=O) groups is 1. The molecule has 0 saturated heterocycles. The Hall–Kier alpha value is -1.56. The lowest BCUT2D eigenvalue weighted by Gasteiger charge is -2.11. The van der Waals surface area contributed by atoms with Crippen LogP contribution in [0.2, 0.25) is 0 Å². The van der Waals surface area contributed by atoms with Gasteiger partial charge in [-0.05, 0) is 25.1 Å². The molecule has 0 aliphatic heterocycles. The lowest BCUT2D eigenvalue weighted by atomic mass is 10.3. The number of hydrogen-bond donors (Lipinski definition) is 1. The van der Waals surface area contributed by atoms with Crippen LogP contribution in [0.3, 0.4) is 0 Å². The smallest absolute Gasteiger partial charge is 0.258 e. The second kappa shape index (κ2) is 4.52. The molecule has 0 saturated carbocycles. The topological polar surface area (TPSA) is 86.5 Å². The van der Waals surface area contributed by atoms with Gasteiger partial charge in [0.15, 0.2) is 15.9 Å². The standard InChI is InChI=1S/C10H13NO4S/c1-7(10(11)12)15-8-4-3-5-9(6-8)16(2,13)14/h3-7H,1-2H3,(H2,11,12). The van der Waals surface area contributed by atoms with Gasteiger partial charge in [0.25, 0.3) is 5.91 Å². The molecule has 1 unspecified atom stereocenters. The second-order valence-corrected chi connectivity index (χ2v) is 5.43. The maximum atomic E-state index is 11.3. The highest BCUT2D eigenvalue weighted by Gasteiger charge is 2.12. The number of rotatable bonds is 4. The molecule has 1 amide bonds. The van der Waals surface area contributed by atoms with Crippen LogP contribution in [0.5, 0.6) is 5.75 Å². The summed E-state index contributed by atoms with van der Waals surface area (Å²) in [5.41, 5.74) is 5.03. The van der Waals surface area contributed by atoms with Crippen molar-refractivity contribution in [2.24, 2.45) is 5.73 Å². The summed E-state index contributed by atoms with van der Waals surface area (Å²) in [5.74, 6) is -0.306. The number of ether oxygens (including phenoxy) is 1. The monoisotopic (exact) mass is 243 g/mol. The van der Waals surface area contributed by atoms with Crippen molar-refractivity contribution >= 4 is 15.7 Å². The van der Waals surface area contributed by atoms with Gasteiger partial charge in [0, 0.05) is 6.26 Å². The number of carbonyl (C=O) groups excluding carboxylic acids is 1. The minimum Gasteiger partial charge on any atom is -0.481 e.